The fourth-order valence-electron chi connectivity index (χ4n) is 3.78. The van der Waals surface area contributed by atoms with Crippen LogP contribution in [0.25, 0.3) is 5.76 Å². The van der Waals surface area contributed by atoms with E-state index in [9.17, 15) is 19.1 Å². The second-order valence-corrected chi connectivity index (χ2v) is 8.29. The summed E-state index contributed by atoms with van der Waals surface area (Å²) in [7, 11) is 0. The molecule has 0 saturated carbocycles. The van der Waals surface area contributed by atoms with Gasteiger partial charge in [0.2, 0.25) is 0 Å². The number of anilines is 1. The zero-order chi connectivity index (χ0) is 23.5. The number of rotatable bonds is 6. The number of benzene rings is 3. The minimum absolute atomic E-state index is 0.0219. The summed E-state index contributed by atoms with van der Waals surface area (Å²) in [5.74, 6) is -1.30. The second-order valence-electron chi connectivity index (χ2n) is 8.29. The van der Waals surface area contributed by atoms with Crippen LogP contribution in [0.3, 0.4) is 0 Å². The lowest BCUT2D eigenvalue weighted by molar-refractivity contribution is -0.132. The largest absolute Gasteiger partial charge is 0.507 e. The summed E-state index contributed by atoms with van der Waals surface area (Å²) in [5.41, 5.74) is 1.39. The molecule has 1 heterocycles. The van der Waals surface area contributed by atoms with E-state index in [0.29, 0.717) is 35.1 Å². The standard InChI is InChI=1S/C27H24FNO4/c1-17(2)16-33-22-14-8-19(9-15-22)25(30)23-24(18-6-4-3-5-7-18)29(27(32)26(23)31)21-12-10-20(28)11-13-21/h3-15,17,24,30H,16H2,1-2H3/b25-23+. The highest BCUT2D eigenvalue weighted by Gasteiger charge is 2.46. The van der Waals surface area contributed by atoms with Gasteiger partial charge in [-0.15, -0.1) is 0 Å². The highest BCUT2D eigenvalue weighted by molar-refractivity contribution is 6.51. The van der Waals surface area contributed by atoms with Crippen LogP contribution >= 0.6 is 0 Å². The van der Waals surface area contributed by atoms with Crippen molar-refractivity contribution in [3.63, 3.8) is 0 Å². The molecule has 1 amide bonds. The van der Waals surface area contributed by atoms with Gasteiger partial charge in [0, 0.05) is 11.3 Å². The first-order chi connectivity index (χ1) is 15.9. The Hall–Kier alpha value is -3.93. The summed E-state index contributed by atoms with van der Waals surface area (Å²) in [4.78, 5) is 27.4. The van der Waals surface area contributed by atoms with Crippen LogP contribution < -0.4 is 9.64 Å². The summed E-state index contributed by atoms with van der Waals surface area (Å²) < 4.78 is 19.2. The first kappa shape index (κ1) is 22.3. The van der Waals surface area contributed by atoms with Crippen molar-refractivity contribution >= 4 is 23.1 Å². The molecule has 4 rings (SSSR count). The number of carbonyl (C=O) groups excluding carboxylic acids is 2. The summed E-state index contributed by atoms with van der Waals surface area (Å²) in [6.07, 6.45) is 0. The molecule has 1 fully saturated rings. The van der Waals surface area contributed by atoms with E-state index < -0.39 is 23.5 Å². The Morgan fingerprint density at radius 2 is 1.61 bits per heavy atom. The average Bonchev–Trinajstić information content (AvgIpc) is 3.09. The van der Waals surface area contributed by atoms with Gasteiger partial charge in [0.15, 0.2) is 0 Å². The van der Waals surface area contributed by atoms with E-state index >= 15 is 0 Å². The molecule has 1 aliphatic rings. The summed E-state index contributed by atoms with van der Waals surface area (Å²) in [6, 6.07) is 20.2. The van der Waals surface area contributed by atoms with Crippen LogP contribution in [0, 0.1) is 11.7 Å². The van der Waals surface area contributed by atoms with Gasteiger partial charge in [-0.3, -0.25) is 14.5 Å². The SMILES string of the molecule is CC(C)COc1ccc(/C(O)=C2\C(=O)C(=O)N(c3ccc(F)cc3)C2c2ccccc2)cc1. The van der Waals surface area contributed by atoms with Crippen molar-refractivity contribution in [2.45, 2.75) is 19.9 Å². The van der Waals surface area contributed by atoms with Gasteiger partial charge >= 0.3 is 0 Å². The molecule has 1 saturated heterocycles. The normalized spacial score (nSPS) is 17.6. The molecular formula is C27H24FNO4. The Bertz CT molecular complexity index is 1190. The molecule has 6 heteroatoms. The number of Topliss-reactive ketones (excluding diaryl/α,β-unsaturated/α-hetero) is 1. The topological polar surface area (TPSA) is 66.8 Å². The molecule has 0 aliphatic carbocycles. The lowest BCUT2D eigenvalue weighted by Gasteiger charge is -2.25. The molecule has 1 N–H and O–H groups in total. The van der Waals surface area contributed by atoms with Gasteiger partial charge in [0.05, 0.1) is 18.2 Å². The average molecular weight is 445 g/mol. The van der Waals surface area contributed by atoms with E-state index in [4.69, 9.17) is 4.74 Å². The molecule has 3 aromatic carbocycles. The molecule has 5 nitrogen and oxygen atoms in total. The quantitative estimate of drug-likeness (QED) is 0.310. The molecular weight excluding hydrogens is 421 g/mol. The van der Waals surface area contributed by atoms with Crippen molar-refractivity contribution in [3.8, 4) is 5.75 Å². The number of nitrogens with zero attached hydrogens (tertiary/aromatic N) is 1. The van der Waals surface area contributed by atoms with E-state index in [1.54, 1.807) is 48.5 Å². The molecule has 3 aromatic rings. The van der Waals surface area contributed by atoms with Crippen molar-refractivity contribution in [1.82, 2.24) is 0 Å². The molecule has 168 valence electrons. The van der Waals surface area contributed by atoms with Crippen molar-refractivity contribution in [1.29, 1.82) is 0 Å². The van der Waals surface area contributed by atoms with Crippen LogP contribution in [0.5, 0.6) is 5.75 Å². The maximum Gasteiger partial charge on any atom is 0.300 e. The third-order valence-corrected chi connectivity index (χ3v) is 5.38. The Morgan fingerprint density at radius 1 is 0.970 bits per heavy atom. The molecule has 0 spiro atoms. The molecule has 0 bridgehead atoms. The first-order valence-corrected chi connectivity index (χ1v) is 10.7. The number of hydrogen-bond donors (Lipinski definition) is 1. The van der Waals surface area contributed by atoms with Gasteiger partial charge < -0.3 is 9.84 Å². The van der Waals surface area contributed by atoms with E-state index in [-0.39, 0.29) is 11.3 Å². The highest BCUT2D eigenvalue weighted by atomic mass is 19.1. The molecule has 1 atom stereocenters. The number of ketones is 1. The molecule has 1 aliphatic heterocycles. The van der Waals surface area contributed by atoms with Gasteiger partial charge in [-0.1, -0.05) is 44.2 Å². The fraction of sp³-hybridized carbons (Fsp3) is 0.185. The highest BCUT2D eigenvalue weighted by Crippen LogP contribution is 2.42. The Balaban J connectivity index is 1.79. The smallest absolute Gasteiger partial charge is 0.300 e. The van der Waals surface area contributed by atoms with Crippen molar-refractivity contribution < 1.29 is 23.8 Å². The van der Waals surface area contributed by atoms with Crippen LogP contribution in [0.2, 0.25) is 0 Å². The van der Waals surface area contributed by atoms with Crippen LogP contribution in [0.15, 0.2) is 84.4 Å². The van der Waals surface area contributed by atoms with Gasteiger partial charge in [0.25, 0.3) is 11.7 Å². The maximum atomic E-state index is 13.5. The number of amides is 1. The van der Waals surface area contributed by atoms with Crippen LogP contribution in [0.1, 0.15) is 31.0 Å². The van der Waals surface area contributed by atoms with Gasteiger partial charge in [0.1, 0.15) is 17.3 Å². The number of aliphatic hydroxyl groups is 1. The molecule has 0 aromatic heterocycles. The number of halogens is 1. The summed E-state index contributed by atoms with van der Waals surface area (Å²) in [6.45, 7) is 4.65. The third kappa shape index (κ3) is 4.51. The lowest BCUT2D eigenvalue weighted by Crippen LogP contribution is -2.29. The molecule has 33 heavy (non-hydrogen) atoms. The van der Waals surface area contributed by atoms with E-state index in [1.807, 2.05) is 19.9 Å². The summed E-state index contributed by atoms with van der Waals surface area (Å²) >= 11 is 0. The van der Waals surface area contributed by atoms with Crippen LogP contribution in [-0.4, -0.2) is 23.4 Å². The van der Waals surface area contributed by atoms with E-state index in [2.05, 4.69) is 0 Å². The predicted octanol–water partition coefficient (Wildman–Crippen LogP) is 5.49. The molecule has 1 unspecified atom stereocenters. The minimum Gasteiger partial charge on any atom is -0.507 e. The van der Waals surface area contributed by atoms with Crippen LogP contribution in [0.4, 0.5) is 10.1 Å². The van der Waals surface area contributed by atoms with Gasteiger partial charge in [-0.2, -0.15) is 0 Å². The Labute approximate surface area is 191 Å². The van der Waals surface area contributed by atoms with Gasteiger partial charge in [-0.25, -0.2) is 4.39 Å². The third-order valence-electron chi connectivity index (χ3n) is 5.38. The summed E-state index contributed by atoms with van der Waals surface area (Å²) in [5, 5.41) is 11.1. The fourth-order valence-corrected chi connectivity index (χ4v) is 3.78. The number of hydrogen-bond acceptors (Lipinski definition) is 4. The van der Waals surface area contributed by atoms with Crippen molar-refractivity contribution in [2.24, 2.45) is 5.92 Å². The van der Waals surface area contributed by atoms with E-state index in [1.165, 1.54) is 29.2 Å². The lowest BCUT2D eigenvalue weighted by atomic mass is 9.95. The Morgan fingerprint density at radius 3 is 2.21 bits per heavy atom. The monoisotopic (exact) mass is 445 g/mol. The van der Waals surface area contributed by atoms with Crippen LogP contribution in [-0.2, 0) is 9.59 Å². The number of aliphatic hydroxyl groups excluding tert-OH is 1. The van der Waals surface area contributed by atoms with Gasteiger partial charge in [-0.05, 0) is 60.0 Å². The minimum atomic E-state index is -0.853. The number of ether oxygens (including phenoxy) is 1. The molecule has 0 radical (unpaired) electrons. The first-order valence-electron chi connectivity index (χ1n) is 10.7. The zero-order valence-electron chi connectivity index (χ0n) is 18.4. The number of carbonyl (C=O) groups is 2. The Kier molecular flexibility index (Phi) is 6.27. The van der Waals surface area contributed by atoms with Crippen molar-refractivity contribution in [2.75, 3.05) is 11.5 Å². The van der Waals surface area contributed by atoms with Crippen molar-refractivity contribution in [3.05, 3.63) is 101 Å². The van der Waals surface area contributed by atoms with E-state index in [0.717, 1.165) is 0 Å². The second kappa shape index (κ2) is 9.28. The predicted molar refractivity (Wildman–Crippen MR) is 124 cm³/mol. The zero-order valence-corrected chi connectivity index (χ0v) is 18.4. The maximum absolute atomic E-state index is 13.5.